The quantitative estimate of drug-likeness (QED) is 0.566. The first kappa shape index (κ1) is 20.4. The lowest BCUT2D eigenvalue weighted by molar-refractivity contribution is -0.118. The summed E-state index contributed by atoms with van der Waals surface area (Å²) in [5, 5.41) is 6.04. The molecule has 0 aromatic heterocycles. The third-order valence-electron chi connectivity index (χ3n) is 4.19. The van der Waals surface area contributed by atoms with Gasteiger partial charge in [-0.15, -0.1) is 0 Å². The Morgan fingerprint density at radius 2 is 1.59 bits per heavy atom. The zero-order valence-electron chi connectivity index (χ0n) is 15.9. The van der Waals surface area contributed by atoms with E-state index >= 15 is 0 Å². The standard InChI is InChI=1S/C23H21ClN2O3/c1-2-16-9-11-21(12-10-16)29-15-22(27)25-19-7-4-8-20(14-19)26-23(28)17-5-3-6-18(24)13-17/h3-14H,2,15H2,1H3,(H,25,27)(H,26,28). The predicted molar refractivity (Wildman–Crippen MR) is 116 cm³/mol. The first-order valence-corrected chi connectivity index (χ1v) is 9.60. The summed E-state index contributed by atoms with van der Waals surface area (Å²) < 4.78 is 5.51. The van der Waals surface area contributed by atoms with Crippen LogP contribution in [-0.4, -0.2) is 18.4 Å². The van der Waals surface area contributed by atoms with Crippen molar-refractivity contribution in [1.82, 2.24) is 0 Å². The molecule has 0 aliphatic carbocycles. The molecule has 2 N–H and O–H groups in total. The molecule has 5 nitrogen and oxygen atoms in total. The van der Waals surface area contributed by atoms with Crippen LogP contribution in [0.2, 0.25) is 5.02 Å². The fraction of sp³-hybridized carbons (Fsp3) is 0.130. The molecule has 29 heavy (non-hydrogen) atoms. The van der Waals surface area contributed by atoms with Crippen molar-refractivity contribution in [3.05, 3.63) is 88.9 Å². The van der Waals surface area contributed by atoms with E-state index in [9.17, 15) is 9.59 Å². The average Bonchev–Trinajstić information content (AvgIpc) is 2.73. The van der Waals surface area contributed by atoms with Crippen molar-refractivity contribution in [2.24, 2.45) is 0 Å². The number of nitrogens with one attached hydrogen (secondary N) is 2. The van der Waals surface area contributed by atoms with Gasteiger partial charge in [0, 0.05) is 22.0 Å². The highest BCUT2D eigenvalue weighted by molar-refractivity contribution is 6.31. The Labute approximate surface area is 174 Å². The number of ether oxygens (including phenoxy) is 1. The molecular formula is C23H21ClN2O3. The van der Waals surface area contributed by atoms with E-state index in [0.717, 1.165) is 6.42 Å². The van der Waals surface area contributed by atoms with Gasteiger partial charge in [0.1, 0.15) is 5.75 Å². The highest BCUT2D eigenvalue weighted by Gasteiger charge is 2.08. The highest BCUT2D eigenvalue weighted by Crippen LogP contribution is 2.18. The van der Waals surface area contributed by atoms with E-state index in [1.807, 2.05) is 24.3 Å². The monoisotopic (exact) mass is 408 g/mol. The molecule has 3 aromatic carbocycles. The van der Waals surface area contributed by atoms with Crippen LogP contribution in [0, 0.1) is 0 Å². The van der Waals surface area contributed by atoms with Crippen LogP contribution in [0.1, 0.15) is 22.8 Å². The number of benzene rings is 3. The lowest BCUT2D eigenvalue weighted by atomic mass is 10.2. The summed E-state index contributed by atoms with van der Waals surface area (Å²) in [5.74, 6) is 0.0672. The van der Waals surface area contributed by atoms with Crippen LogP contribution in [0.25, 0.3) is 0 Å². The minimum absolute atomic E-state index is 0.107. The second-order valence-electron chi connectivity index (χ2n) is 6.38. The number of amides is 2. The largest absolute Gasteiger partial charge is 0.484 e. The van der Waals surface area contributed by atoms with Crippen molar-refractivity contribution in [3.8, 4) is 5.75 Å². The smallest absolute Gasteiger partial charge is 0.262 e. The van der Waals surface area contributed by atoms with Crippen LogP contribution in [0.4, 0.5) is 11.4 Å². The molecule has 3 aromatic rings. The number of rotatable bonds is 7. The predicted octanol–water partition coefficient (Wildman–Crippen LogP) is 5.17. The maximum Gasteiger partial charge on any atom is 0.262 e. The Morgan fingerprint density at radius 3 is 2.28 bits per heavy atom. The van der Waals surface area contributed by atoms with E-state index in [2.05, 4.69) is 17.6 Å². The van der Waals surface area contributed by atoms with Gasteiger partial charge in [0.2, 0.25) is 0 Å². The van der Waals surface area contributed by atoms with Crippen molar-refractivity contribution in [1.29, 1.82) is 0 Å². The molecule has 0 atom stereocenters. The molecule has 0 unspecified atom stereocenters. The van der Waals surface area contributed by atoms with Gasteiger partial charge in [-0.3, -0.25) is 9.59 Å². The van der Waals surface area contributed by atoms with Crippen molar-refractivity contribution in [3.63, 3.8) is 0 Å². The molecule has 0 spiro atoms. The van der Waals surface area contributed by atoms with Gasteiger partial charge in [-0.1, -0.05) is 42.8 Å². The van der Waals surface area contributed by atoms with E-state index in [1.165, 1.54) is 5.56 Å². The van der Waals surface area contributed by atoms with Gasteiger partial charge in [-0.25, -0.2) is 0 Å². The molecule has 0 heterocycles. The Bertz CT molecular complexity index is 1000. The molecule has 0 saturated carbocycles. The van der Waals surface area contributed by atoms with Gasteiger partial charge in [-0.2, -0.15) is 0 Å². The fourth-order valence-electron chi connectivity index (χ4n) is 2.68. The maximum atomic E-state index is 12.3. The van der Waals surface area contributed by atoms with Crippen LogP contribution >= 0.6 is 11.6 Å². The molecule has 6 heteroatoms. The SMILES string of the molecule is CCc1ccc(OCC(=O)Nc2cccc(NC(=O)c3cccc(Cl)c3)c2)cc1. The first-order valence-electron chi connectivity index (χ1n) is 9.22. The molecule has 0 aliphatic heterocycles. The van der Waals surface area contributed by atoms with Gasteiger partial charge in [0.15, 0.2) is 6.61 Å². The Kier molecular flexibility index (Phi) is 6.87. The fourth-order valence-corrected chi connectivity index (χ4v) is 2.87. The van der Waals surface area contributed by atoms with E-state index in [-0.39, 0.29) is 18.4 Å². The van der Waals surface area contributed by atoms with Crippen LogP contribution in [0.5, 0.6) is 5.75 Å². The maximum absolute atomic E-state index is 12.3. The summed E-state index contributed by atoms with van der Waals surface area (Å²) in [6.07, 6.45) is 0.949. The lowest BCUT2D eigenvalue weighted by Crippen LogP contribution is -2.20. The molecule has 2 amide bonds. The Hall–Kier alpha value is -3.31. The molecule has 0 aliphatic rings. The third-order valence-corrected chi connectivity index (χ3v) is 4.43. The summed E-state index contributed by atoms with van der Waals surface area (Å²) in [5.41, 5.74) is 2.78. The van der Waals surface area contributed by atoms with E-state index in [4.69, 9.17) is 16.3 Å². The zero-order chi connectivity index (χ0) is 20.6. The molecule has 3 rings (SSSR count). The second kappa shape index (κ2) is 9.75. The summed E-state index contributed by atoms with van der Waals surface area (Å²) >= 11 is 5.92. The normalized spacial score (nSPS) is 10.3. The van der Waals surface area contributed by atoms with Crippen LogP contribution in [0.15, 0.2) is 72.8 Å². The van der Waals surface area contributed by atoms with Gasteiger partial charge in [0.05, 0.1) is 0 Å². The number of anilines is 2. The molecule has 0 fully saturated rings. The van der Waals surface area contributed by atoms with Crippen molar-refractivity contribution >= 4 is 34.8 Å². The topological polar surface area (TPSA) is 67.4 Å². The number of carbonyl (C=O) groups is 2. The highest BCUT2D eigenvalue weighted by atomic mass is 35.5. The summed E-state index contributed by atoms with van der Waals surface area (Å²) in [7, 11) is 0. The first-order chi connectivity index (χ1) is 14.0. The van der Waals surface area contributed by atoms with Crippen molar-refractivity contribution < 1.29 is 14.3 Å². The zero-order valence-corrected chi connectivity index (χ0v) is 16.7. The number of aryl methyl sites for hydroxylation is 1. The molecule has 0 radical (unpaired) electrons. The number of halogens is 1. The Balaban J connectivity index is 1.55. The number of hydrogen-bond acceptors (Lipinski definition) is 3. The van der Waals surface area contributed by atoms with Crippen LogP contribution < -0.4 is 15.4 Å². The Morgan fingerprint density at radius 1 is 0.897 bits per heavy atom. The van der Waals surface area contributed by atoms with Crippen LogP contribution in [0.3, 0.4) is 0 Å². The minimum atomic E-state index is -0.289. The summed E-state index contributed by atoms with van der Waals surface area (Å²) in [4.78, 5) is 24.5. The van der Waals surface area contributed by atoms with E-state index in [1.54, 1.807) is 48.5 Å². The minimum Gasteiger partial charge on any atom is -0.484 e. The number of hydrogen-bond donors (Lipinski definition) is 2. The third kappa shape index (κ3) is 6.09. The van der Waals surface area contributed by atoms with Gasteiger partial charge in [-0.05, 0) is 60.5 Å². The van der Waals surface area contributed by atoms with Gasteiger partial charge < -0.3 is 15.4 Å². The molecule has 0 saturated heterocycles. The second-order valence-corrected chi connectivity index (χ2v) is 6.82. The molecule has 0 bridgehead atoms. The lowest BCUT2D eigenvalue weighted by Gasteiger charge is -2.10. The van der Waals surface area contributed by atoms with E-state index < -0.39 is 0 Å². The molecule has 148 valence electrons. The number of carbonyl (C=O) groups excluding carboxylic acids is 2. The van der Waals surface area contributed by atoms with Gasteiger partial charge in [0.25, 0.3) is 11.8 Å². The molecular weight excluding hydrogens is 388 g/mol. The summed E-state index contributed by atoms with van der Waals surface area (Å²) in [6, 6.07) is 21.2. The summed E-state index contributed by atoms with van der Waals surface area (Å²) in [6.45, 7) is 1.97. The van der Waals surface area contributed by atoms with E-state index in [0.29, 0.717) is 27.7 Å². The van der Waals surface area contributed by atoms with Crippen LogP contribution in [-0.2, 0) is 11.2 Å². The van der Waals surface area contributed by atoms with Gasteiger partial charge >= 0.3 is 0 Å². The average molecular weight is 409 g/mol. The van der Waals surface area contributed by atoms with Crippen molar-refractivity contribution in [2.75, 3.05) is 17.2 Å². The van der Waals surface area contributed by atoms with Crippen molar-refractivity contribution in [2.45, 2.75) is 13.3 Å².